The number of amides is 1. The molecule has 4 rings (SSSR count). The molecule has 0 spiro atoms. The second kappa shape index (κ2) is 7.09. The minimum Gasteiger partial charge on any atom is -0.335 e. The average molecular weight is 388 g/mol. The highest BCUT2D eigenvalue weighted by Gasteiger charge is 2.33. The predicted octanol–water partition coefficient (Wildman–Crippen LogP) is 1.45. The van der Waals surface area contributed by atoms with E-state index in [1.54, 1.807) is 39.9 Å². The molecule has 7 nitrogen and oxygen atoms in total. The van der Waals surface area contributed by atoms with Gasteiger partial charge in [0, 0.05) is 38.8 Å². The molecule has 0 atom stereocenters. The first kappa shape index (κ1) is 18.2. The Bertz CT molecular complexity index is 945. The molecule has 0 N–H and O–H groups in total. The predicted molar refractivity (Wildman–Crippen MR) is 101 cm³/mol. The maximum Gasteiger partial charge on any atom is 0.272 e. The smallest absolute Gasteiger partial charge is 0.272 e. The maximum atomic E-state index is 13.1. The Balaban J connectivity index is 1.49. The van der Waals surface area contributed by atoms with Crippen molar-refractivity contribution in [3.05, 3.63) is 47.3 Å². The third kappa shape index (κ3) is 3.27. The molecule has 1 amide bonds. The second-order valence-electron chi connectivity index (χ2n) is 7.11. The number of piperazine rings is 1. The fourth-order valence-corrected chi connectivity index (χ4v) is 5.41. The third-order valence-electron chi connectivity index (χ3n) is 5.43. The van der Waals surface area contributed by atoms with Crippen LogP contribution >= 0.6 is 0 Å². The van der Waals surface area contributed by atoms with E-state index in [4.69, 9.17) is 0 Å². The summed E-state index contributed by atoms with van der Waals surface area (Å²) in [6, 6.07) is 8.45. The van der Waals surface area contributed by atoms with Crippen molar-refractivity contribution in [3.63, 3.8) is 0 Å². The maximum absolute atomic E-state index is 13.1. The van der Waals surface area contributed by atoms with Gasteiger partial charge in [-0.15, -0.1) is 0 Å². The number of hydrogen-bond acceptors (Lipinski definition) is 4. The fourth-order valence-electron chi connectivity index (χ4n) is 3.97. The minimum atomic E-state index is -3.51. The van der Waals surface area contributed by atoms with E-state index in [1.807, 2.05) is 7.05 Å². The number of nitrogens with zero attached hydrogens (tertiary/aromatic N) is 4. The van der Waals surface area contributed by atoms with Crippen LogP contribution in [0.3, 0.4) is 0 Å². The van der Waals surface area contributed by atoms with Gasteiger partial charge in [-0.1, -0.05) is 18.2 Å². The fraction of sp³-hybridized carbons (Fsp3) is 0.474. The number of hydrogen-bond donors (Lipinski definition) is 0. The lowest BCUT2D eigenvalue weighted by atomic mass is 9.95. The first-order valence-corrected chi connectivity index (χ1v) is 10.8. The Morgan fingerprint density at radius 2 is 1.67 bits per heavy atom. The van der Waals surface area contributed by atoms with Crippen LogP contribution in [0.5, 0.6) is 0 Å². The summed E-state index contributed by atoms with van der Waals surface area (Å²) in [4.78, 5) is 15.1. The van der Waals surface area contributed by atoms with E-state index in [1.165, 1.54) is 4.31 Å². The van der Waals surface area contributed by atoms with Gasteiger partial charge < -0.3 is 4.90 Å². The molecule has 0 radical (unpaired) electrons. The zero-order valence-corrected chi connectivity index (χ0v) is 16.3. The Morgan fingerprint density at radius 1 is 1.00 bits per heavy atom. The quantitative estimate of drug-likeness (QED) is 0.798. The summed E-state index contributed by atoms with van der Waals surface area (Å²) in [6.45, 7) is 1.40. The molecule has 8 heteroatoms. The molecular formula is C19H24N4O3S. The van der Waals surface area contributed by atoms with Gasteiger partial charge in [0.05, 0.1) is 10.6 Å². The van der Waals surface area contributed by atoms with E-state index >= 15 is 0 Å². The van der Waals surface area contributed by atoms with Crippen molar-refractivity contribution in [2.75, 3.05) is 26.2 Å². The largest absolute Gasteiger partial charge is 0.335 e. The number of fused-ring (bicyclic) bond motifs is 1. The Labute approximate surface area is 159 Å². The first-order chi connectivity index (χ1) is 13.0. The van der Waals surface area contributed by atoms with E-state index in [2.05, 4.69) is 5.10 Å². The lowest BCUT2D eigenvalue weighted by molar-refractivity contribution is 0.0685. The second-order valence-corrected chi connectivity index (χ2v) is 9.05. The summed E-state index contributed by atoms with van der Waals surface area (Å²) >= 11 is 0. The lowest BCUT2D eigenvalue weighted by Crippen LogP contribution is -2.50. The molecule has 0 saturated carbocycles. The molecule has 2 heterocycles. The molecule has 144 valence electrons. The number of aromatic nitrogens is 2. The zero-order chi connectivity index (χ0) is 19.0. The van der Waals surface area contributed by atoms with Crippen molar-refractivity contribution in [2.24, 2.45) is 7.05 Å². The van der Waals surface area contributed by atoms with Crippen molar-refractivity contribution >= 4 is 15.9 Å². The highest BCUT2D eigenvalue weighted by atomic mass is 32.2. The molecule has 27 heavy (non-hydrogen) atoms. The van der Waals surface area contributed by atoms with Gasteiger partial charge in [-0.3, -0.25) is 9.48 Å². The normalized spacial score (nSPS) is 18.3. The van der Waals surface area contributed by atoms with Crippen LogP contribution in [0.2, 0.25) is 0 Å². The lowest BCUT2D eigenvalue weighted by Gasteiger charge is -2.34. The van der Waals surface area contributed by atoms with Crippen molar-refractivity contribution in [2.45, 2.75) is 30.6 Å². The van der Waals surface area contributed by atoms with Crippen LogP contribution in [-0.4, -0.2) is 59.5 Å². The van der Waals surface area contributed by atoms with Crippen LogP contribution in [0.25, 0.3) is 0 Å². The number of rotatable bonds is 3. The molecule has 0 unspecified atom stereocenters. The average Bonchev–Trinajstić information content (AvgIpc) is 3.04. The van der Waals surface area contributed by atoms with E-state index in [0.29, 0.717) is 36.8 Å². The first-order valence-electron chi connectivity index (χ1n) is 9.37. The molecule has 1 aliphatic carbocycles. The number of sulfonamides is 1. The molecular weight excluding hydrogens is 364 g/mol. The van der Waals surface area contributed by atoms with Crippen LogP contribution in [0.1, 0.15) is 34.6 Å². The van der Waals surface area contributed by atoms with Gasteiger partial charge in [-0.2, -0.15) is 9.40 Å². The Hall–Kier alpha value is -2.19. The SMILES string of the molecule is Cn1nc2c(c1C(=O)N1CCN(S(=O)(=O)c3ccccc3)CC1)CCCC2. The van der Waals surface area contributed by atoms with Crippen LogP contribution in [0.4, 0.5) is 0 Å². The van der Waals surface area contributed by atoms with Gasteiger partial charge in [0.2, 0.25) is 10.0 Å². The zero-order valence-electron chi connectivity index (χ0n) is 15.5. The number of carbonyl (C=O) groups excluding carboxylic acids is 1. The summed E-state index contributed by atoms with van der Waals surface area (Å²) in [5.41, 5.74) is 2.79. The summed E-state index contributed by atoms with van der Waals surface area (Å²) in [7, 11) is -1.69. The monoisotopic (exact) mass is 388 g/mol. The number of benzene rings is 1. The van der Waals surface area contributed by atoms with E-state index in [0.717, 1.165) is 36.9 Å². The molecule has 2 aliphatic rings. The van der Waals surface area contributed by atoms with E-state index in [9.17, 15) is 13.2 Å². The van der Waals surface area contributed by atoms with Gasteiger partial charge in [-0.05, 0) is 37.8 Å². The number of carbonyl (C=O) groups is 1. The van der Waals surface area contributed by atoms with Crippen LogP contribution in [-0.2, 0) is 29.9 Å². The van der Waals surface area contributed by atoms with Gasteiger partial charge in [0.15, 0.2) is 0 Å². The van der Waals surface area contributed by atoms with Crippen LogP contribution < -0.4 is 0 Å². The van der Waals surface area contributed by atoms with Crippen molar-refractivity contribution < 1.29 is 13.2 Å². The van der Waals surface area contributed by atoms with E-state index in [-0.39, 0.29) is 5.91 Å². The standard InChI is InChI=1S/C19H24N4O3S/c1-21-18(16-9-5-6-10-17(16)20-21)19(24)22-11-13-23(14-12-22)27(25,26)15-7-3-2-4-8-15/h2-4,7-8H,5-6,9-14H2,1H3. The van der Waals surface area contributed by atoms with Gasteiger partial charge in [0.1, 0.15) is 5.69 Å². The Morgan fingerprint density at radius 3 is 2.37 bits per heavy atom. The highest BCUT2D eigenvalue weighted by molar-refractivity contribution is 7.89. The molecule has 1 aromatic heterocycles. The Kier molecular flexibility index (Phi) is 4.77. The van der Waals surface area contributed by atoms with Gasteiger partial charge in [0.25, 0.3) is 5.91 Å². The molecule has 1 fully saturated rings. The summed E-state index contributed by atoms with van der Waals surface area (Å²) in [6.07, 6.45) is 4.03. The molecule has 0 bridgehead atoms. The van der Waals surface area contributed by atoms with E-state index < -0.39 is 10.0 Å². The molecule has 1 aliphatic heterocycles. The third-order valence-corrected chi connectivity index (χ3v) is 7.34. The topological polar surface area (TPSA) is 75.5 Å². The summed E-state index contributed by atoms with van der Waals surface area (Å²) in [5, 5.41) is 4.52. The van der Waals surface area contributed by atoms with Crippen LogP contribution in [0, 0.1) is 0 Å². The molecule has 1 aromatic carbocycles. The van der Waals surface area contributed by atoms with Gasteiger partial charge >= 0.3 is 0 Å². The minimum absolute atomic E-state index is 0.0371. The molecule has 2 aromatic rings. The summed E-state index contributed by atoms with van der Waals surface area (Å²) < 4.78 is 28.7. The number of aryl methyl sites for hydroxylation is 2. The van der Waals surface area contributed by atoms with Gasteiger partial charge in [-0.25, -0.2) is 8.42 Å². The summed E-state index contributed by atoms with van der Waals surface area (Å²) in [5.74, 6) is -0.0371. The molecule has 1 saturated heterocycles. The van der Waals surface area contributed by atoms with Crippen molar-refractivity contribution in [3.8, 4) is 0 Å². The van der Waals surface area contributed by atoms with Crippen molar-refractivity contribution in [1.29, 1.82) is 0 Å². The van der Waals surface area contributed by atoms with Crippen LogP contribution in [0.15, 0.2) is 35.2 Å². The highest BCUT2D eigenvalue weighted by Crippen LogP contribution is 2.25. The van der Waals surface area contributed by atoms with Crippen molar-refractivity contribution in [1.82, 2.24) is 19.0 Å².